The summed E-state index contributed by atoms with van der Waals surface area (Å²) in [5.41, 5.74) is 0. The summed E-state index contributed by atoms with van der Waals surface area (Å²) in [6, 6.07) is 7.15. The fourth-order valence-electron chi connectivity index (χ4n) is 2.17. The van der Waals surface area contributed by atoms with E-state index in [1.54, 1.807) is 12.1 Å². The van der Waals surface area contributed by atoms with E-state index >= 15 is 0 Å². The molecule has 108 valence electrons. The first-order chi connectivity index (χ1) is 9.34. The lowest BCUT2D eigenvalue weighted by molar-refractivity contribution is 0.288. The van der Waals surface area contributed by atoms with Crippen molar-refractivity contribution >= 4 is 0 Å². The molecule has 0 saturated carbocycles. The van der Waals surface area contributed by atoms with Crippen LogP contribution >= 0.6 is 0 Å². The largest absolute Gasteiger partial charge is 0.504 e. The molecule has 19 heavy (non-hydrogen) atoms. The van der Waals surface area contributed by atoms with Crippen molar-refractivity contribution in [2.75, 3.05) is 6.61 Å². The Bertz CT molecular complexity index is 323. The molecule has 0 aliphatic heterocycles. The molecule has 0 amide bonds. The predicted octanol–water partition coefficient (Wildman–Crippen LogP) is 5.30. The molecule has 1 aromatic rings. The van der Waals surface area contributed by atoms with E-state index in [0.29, 0.717) is 12.4 Å². The number of hydrogen-bond acceptors (Lipinski definition) is 2. The van der Waals surface area contributed by atoms with Gasteiger partial charge in [0.25, 0.3) is 0 Å². The Morgan fingerprint density at radius 2 is 1.42 bits per heavy atom. The van der Waals surface area contributed by atoms with Crippen molar-refractivity contribution in [3.8, 4) is 11.5 Å². The topological polar surface area (TPSA) is 29.5 Å². The van der Waals surface area contributed by atoms with Crippen LogP contribution in [0, 0.1) is 0 Å². The molecule has 0 saturated heterocycles. The van der Waals surface area contributed by atoms with Crippen LogP contribution in [0.2, 0.25) is 0 Å². The zero-order chi connectivity index (χ0) is 13.8. The van der Waals surface area contributed by atoms with Gasteiger partial charge in [0.1, 0.15) is 0 Å². The molecule has 0 unspecified atom stereocenters. The SMILES string of the molecule is CCCCCCCCCCCOc1ccccc1O. The van der Waals surface area contributed by atoms with Crippen molar-refractivity contribution in [3.05, 3.63) is 24.3 Å². The van der Waals surface area contributed by atoms with Gasteiger partial charge in [-0.25, -0.2) is 0 Å². The maximum absolute atomic E-state index is 9.53. The molecule has 0 heterocycles. The first-order valence-electron chi connectivity index (χ1n) is 7.75. The monoisotopic (exact) mass is 264 g/mol. The van der Waals surface area contributed by atoms with Crippen LogP contribution in [0.15, 0.2) is 24.3 Å². The summed E-state index contributed by atoms with van der Waals surface area (Å²) in [6.45, 7) is 2.96. The van der Waals surface area contributed by atoms with E-state index in [1.165, 1.54) is 51.4 Å². The lowest BCUT2D eigenvalue weighted by Gasteiger charge is -2.07. The highest BCUT2D eigenvalue weighted by Gasteiger charge is 1.99. The third kappa shape index (κ3) is 7.76. The molecule has 2 nitrogen and oxygen atoms in total. The molecule has 2 heteroatoms. The standard InChI is InChI=1S/C17H28O2/c1-2-3-4-5-6-7-8-9-12-15-19-17-14-11-10-13-16(17)18/h10-11,13-14,18H,2-9,12,15H2,1H3. The average molecular weight is 264 g/mol. The molecule has 0 aliphatic carbocycles. The molecule has 0 aliphatic rings. The smallest absolute Gasteiger partial charge is 0.160 e. The van der Waals surface area contributed by atoms with Crippen LogP contribution in [-0.2, 0) is 0 Å². The molecule has 1 rings (SSSR count). The van der Waals surface area contributed by atoms with Gasteiger partial charge in [0.15, 0.2) is 11.5 Å². The molecular formula is C17H28O2. The van der Waals surface area contributed by atoms with Crippen LogP contribution in [0.25, 0.3) is 0 Å². The van der Waals surface area contributed by atoms with Crippen LogP contribution in [-0.4, -0.2) is 11.7 Å². The summed E-state index contributed by atoms with van der Waals surface area (Å²) in [7, 11) is 0. The van der Waals surface area contributed by atoms with Crippen molar-refractivity contribution in [3.63, 3.8) is 0 Å². The van der Waals surface area contributed by atoms with Gasteiger partial charge in [-0.15, -0.1) is 0 Å². The van der Waals surface area contributed by atoms with Crippen molar-refractivity contribution < 1.29 is 9.84 Å². The maximum Gasteiger partial charge on any atom is 0.160 e. The molecule has 1 aromatic carbocycles. The normalized spacial score (nSPS) is 10.6. The predicted molar refractivity (Wildman–Crippen MR) is 80.8 cm³/mol. The van der Waals surface area contributed by atoms with Gasteiger partial charge in [0.2, 0.25) is 0 Å². The number of phenolic OH excluding ortho intramolecular Hbond substituents is 1. The van der Waals surface area contributed by atoms with E-state index in [0.717, 1.165) is 6.42 Å². The van der Waals surface area contributed by atoms with Gasteiger partial charge in [-0.2, -0.15) is 0 Å². The van der Waals surface area contributed by atoms with Crippen molar-refractivity contribution in [2.24, 2.45) is 0 Å². The van der Waals surface area contributed by atoms with Gasteiger partial charge in [-0.1, -0.05) is 70.4 Å². The van der Waals surface area contributed by atoms with Crippen molar-refractivity contribution in [1.82, 2.24) is 0 Å². The molecular weight excluding hydrogens is 236 g/mol. The van der Waals surface area contributed by atoms with Crippen LogP contribution in [0.4, 0.5) is 0 Å². The summed E-state index contributed by atoms with van der Waals surface area (Å²) in [4.78, 5) is 0. The molecule has 1 N–H and O–H groups in total. The van der Waals surface area contributed by atoms with Crippen LogP contribution in [0.5, 0.6) is 11.5 Å². The minimum atomic E-state index is 0.235. The number of ether oxygens (including phenoxy) is 1. The van der Waals surface area contributed by atoms with E-state index < -0.39 is 0 Å². The average Bonchev–Trinajstić information content (AvgIpc) is 2.43. The second-order valence-electron chi connectivity index (χ2n) is 5.14. The Labute approximate surface area is 117 Å². The van der Waals surface area contributed by atoms with E-state index in [2.05, 4.69) is 6.92 Å². The van der Waals surface area contributed by atoms with E-state index in [-0.39, 0.29) is 5.75 Å². The summed E-state index contributed by atoms with van der Waals surface area (Å²) in [5, 5.41) is 9.53. The van der Waals surface area contributed by atoms with Gasteiger partial charge in [0.05, 0.1) is 6.61 Å². The first-order valence-corrected chi connectivity index (χ1v) is 7.75. The summed E-state index contributed by atoms with van der Waals surface area (Å²) in [5.74, 6) is 0.834. The number of para-hydroxylation sites is 2. The van der Waals surface area contributed by atoms with Gasteiger partial charge in [0, 0.05) is 0 Å². The fraction of sp³-hybridized carbons (Fsp3) is 0.647. The molecule has 0 bridgehead atoms. The van der Waals surface area contributed by atoms with Crippen molar-refractivity contribution in [1.29, 1.82) is 0 Å². The fourth-order valence-corrected chi connectivity index (χ4v) is 2.17. The molecule has 0 atom stereocenters. The molecule has 0 radical (unpaired) electrons. The van der Waals surface area contributed by atoms with Gasteiger partial charge in [-0.3, -0.25) is 0 Å². The van der Waals surface area contributed by atoms with E-state index in [4.69, 9.17) is 4.74 Å². The number of benzene rings is 1. The van der Waals surface area contributed by atoms with Gasteiger partial charge >= 0.3 is 0 Å². The Balaban J connectivity index is 1.90. The summed E-state index contributed by atoms with van der Waals surface area (Å²) < 4.78 is 5.55. The summed E-state index contributed by atoms with van der Waals surface area (Å²) >= 11 is 0. The number of unbranched alkanes of at least 4 members (excludes halogenated alkanes) is 8. The maximum atomic E-state index is 9.53. The van der Waals surface area contributed by atoms with Gasteiger partial charge in [-0.05, 0) is 18.6 Å². The molecule has 0 aromatic heterocycles. The highest BCUT2D eigenvalue weighted by atomic mass is 16.5. The van der Waals surface area contributed by atoms with E-state index in [9.17, 15) is 5.11 Å². The lowest BCUT2D eigenvalue weighted by Crippen LogP contribution is -1.97. The zero-order valence-electron chi connectivity index (χ0n) is 12.2. The van der Waals surface area contributed by atoms with E-state index in [1.807, 2.05) is 12.1 Å². The molecule has 0 fully saturated rings. The second-order valence-corrected chi connectivity index (χ2v) is 5.14. The quantitative estimate of drug-likeness (QED) is 0.549. The lowest BCUT2D eigenvalue weighted by atomic mass is 10.1. The number of phenols is 1. The number of hydrogen-bond donors (Lipinski definition) is 1. The minimum absolute atomic E-state index is 0.235. The van der Waals surface area contributed by atoms with Crippen molar-refractivity contribution in [2.45, 2.75) is 64.7 Å². The first kappa shape index (κ1) is 15.9. The highest BCUT2D eigenvalue weighted by molar-refractivity contribution is 5.37. The third-order valence-corrected chi connectivity index (χ3v) is 3.37. The van der Waals surface area contributed by atoms with Crippen LogP contribution in [0.3, 0.4) is 0 Å². The Morgan fingerprint density at radius 1 is 0.842 bits per heavy atom. The summed E-state index contributed by atoms with van der Waals surface area (Å²) in [6.07, 6.45) is 11.8. The third-order valence-electron chi connectivity index (χ3n) is 3.37. The second kappa shape index (κ2) is 10.7. The van der Waals surface area contributed by atoms with Gasteiger partial charge < -0.3 is 9.84 Å². The van der Waals surface area contributed by atoms with Crippen LogP contribution < -0.4 is 4.74 Å². The Morgan fingerprint density at radius 3 is 2.05 bits per heavy atom. The molecule has 0 spiro atoms. The minimum Gasteiger partial charge on any atom is -0.504 e. The Hall–Kier alpha value is -1.18. The Kier molecular flexibility index (Phi) is 8.95. The number of rotatable bonds is 11. The van der Waals surface area contributed by atoms with Crippen LogP contribution in [0.1, 0.15) is 64.7 Å². The zero-order valence-corrected chi connectivity index (χ0v) is 12.2. The number of aromatic hydroxyl groups is 1. The highest BCUT2D eigenvalue weighted by Crippen LogP contribution is 2.24.